The Hall–Kier alpha value is -1.61. The predicted molar refractivity (Wildman–Crippen MR) is 60.8 cm³/mol. The Kier molecular flexibility index (Phi) is 2.83. The molecule has 2 aromatic rings. The first kappa shape index (κ1) is 9.93. The molecule has 3 nitrogen and oxygen atoms in total. The van der Waals surface area contributed by atoms with Crippen molar-refractivity contribution in [3.8, 4) is 5.75 Å². The summed E-state index contributed by atoms with van der Waals surface area (Å²) in [6, 6.07) is 7.50. The summed E-state index contributed by atoms with van der Waals surface area (Å²) in [6.07, 6.45) is 3.57. The molecular weight excluding hydrogens is 188 g/mol. The maximum atomic E-state index is 9.63. The van der Waals surface area contributed by atoms with Crippen molar-refractivity contribution in [3.63, 3.8) is 0 Å². The second-order valence-corrected chi connectivity index (χ2v) is 3.54. The smallest absolute Gasteiger partial charge is 0.141 e. The number of fused-ring (bicyclic) bond motifs is 1. The molecule has 0 radical (unpaired) electrons. The molecule has 0 aliphatic carbocycles. The van der Waals surface area contributed by atoms with E-state index < -0.39 is 0 Å². The number of nitrogens with two attached hydrogens (primary N) is 1. The number of benzene rings is 1. The maximum Gasteiger partial charge on any atom is 0.141 e. The SMILES string of the molecule is NCCCc1ccc(O)c2ncccc12. The lowest BCUT2D eigenvalue weighted by atomic mass is 10.0. The van der Waals surface area contributed by atoms with E-state index in [1.165, 1.54) is 5.56 Å². The molecule has 1 aromatic carbocycles. The Balaban J connectivity index is 2.51. The molecule has 0 aliphatic heterocycles. The molecule has 15 heavy (non-hydrogen) atoms. The van der Waals surface area contributed by atoms with Crippen LogP contribution in [0.4, 0.5) is 0 Å². The summed E-state index contributed by atoms with van der Waals surface area (Å²) >= 11 is 0. The number of aromatic hydroxyl groups is 1. The second kappa shape index (κ2) is 4.28. The molecule has 0 atom stereocenters. The molecule has 0 aliphatic rings. The fourth-order valence-electron chi connectivity index (χ4n) is 1.73. The molecule has 1 aromatic heterocycles. The summed E-state index contributed by atoms with van der Waals surface area (Å²) in [5.41, 5.74) is 7.35. The van der Waals surface area contributed by atoms with Gasteiger partial charge >= 0.3 is 0 Å². The van der Waals surface area contributed by atoms with Crippen molar-refractivity contribution < 1.29 is 5.11 Å². The minimum absolute atomic E-state index is 0.238. The van der Waals surface area contributed by atoms with E-state index in [0.29, 0.717) is 12.1 Å². The van der Waals surface area contributed by atoms with E-state index in [-0.39, 0.29) is 5.75 Å². The highest BCUT2D eigenvalue weighted by molar-refractivity contribution is 5.87. The van der Waals surface area contributed by atoms with Gasteiger partial charge in [-0.3, -0.25) is 4.98 Å². The van der Waals surface area contributed by atoms with E-state index in [9.17, 15) is 5.11 Å². The van der Waals surface area contributed by atoms with E-state index in [1.54, 1.807) is 12.3 Å². The molecule has 0 spiro atoms. The van der Waals surface area contributed by atoms with Crippen molar-refractivity contribution in [2.75, 3.05) is 6.54 Å². The first-order valence-corrected chi connectivity index (χ1v) is 5.08. The van der Waals surface area contributed by atoms with Crippen LogP contribution < -0.4 is 5.73 Å². The van der Waals surface area contributed by atoms with Gasteiger partial charge in [0.25, 0.3) is 0 Å². The third-order valence-corrected chi connectivity index (χ3v) is 2.49. The number of nitrogens with zero attached hydrogens (tertiary/aromatic N) is 1. The topological polar surface area (TPSA) is 59.1 Å². The number of phenols is 1. The molecule has 1 heterocycles. The summed E-state index contributed by atoms with van der Waals surface area (Å²) in [5, 5.41) is 10.7. The van der Waals surface area contributed by atoms with Gasteiger partial charge in [-0.05, 0) is 37.1 Å². The normalized spacial score (nSPS) is 10.7. The predicted octanol–water partition coefficient (Wildman–Crippen LogP) is 1.83. The van der Waals surface area contributed by atoms with Crippen molar-refractivity contribution in [1.29, 1.82) is 0 Å². The first-order chi connectivity index (χ1) is 7.33. The maximum absolute atomic E-state index is 9.63. The van der Waals surface area contributed by atoms with Crippen LogP contribution in [0, 0.1) is 0 Å². The zero-order chi connectivity index (χ0) is 10.7. The van der Waals surface area contributed by atoms with Gasteiger partial charge in [0, 0.05) is 11.6 Å². The second-order valence-electron chi connectivity index (χ2n) is 3.54. The number of rotatable bonds is 3. The highest BCUT2D eigenvalue weighted by Crippen LogP contribution is 2.25. The van der Waals surface area contributed by atoms with Crippen LogP contribution in [0.15, 0.2) is 30.5 Å². The Morgan fingerprint density at radius 3 is 2.93 bits per heavy atom. The van der Waals surface area contributed by atoms with Crippen molar-refractivity contribution in [1.82, 2.24) is 4.98 Å². The minimum atomic E-state index is 0.238. The minimum Gasteiger partial charge on any atom is -0.506 e. The highest BCUT2D eigenvalue weighted by atomic mass is 16.3. The average Bonchev–Trinajstić information content (AvgIpc) is 2.29. The summed E-state index contributed by atoms with van der Waals surface area (Å²) in [7, 11) is 0. The standard InChI is InChI=1S/C12H14N2O/c13-7-1-3-9-5-6-11(15)12-10(9)4-2-8-14-12/h2,4-6,8,15H,1,3,7,13H2. The third kappa shape index (κ3) is 1.92. The number of pyridine rings is 1. The number of hydrogen-bond acceptors (Lipinski definition) is 3. The van der Waals surface area contributed by atoms with Crippen molar-refractivity contribution in [2.45, 2.75) is 12.8 Å². The van der Waals surface area contributed by atoms with Crippen LogP contribution >= 0.6 is 0 Å². The van der Waals surface area contributed by atoms with Crippen LogP contribution in [-0.2, 0) is 6.42 Å². The van der Waals surface area contributed by atoms with Crippen LogP contribution in [-0.4, -0.2) is 16.6 Å². The fourth-order valence-corrected chi connectivity index (χ4v) is 1.73. The van der Waals surface area contributed by atoms with Gasteiger partial charge in [-0.15, -0.1) is 0 Å². The molecule has 0 amide bonds. The molecule has 78 valence electrons. The van der Waals surface area contributed by atoms with Crippen LogP contribution in [0.2, 0.25) is 0 Å². The molecule has 3 N–H and O–H groups in total. The lowest BCUT2D eigenvalue weighted by Crippen LogP contribution is -2.00. The van der Waals surface area contributed by atoms with E-state index >= 15 is 0 Å². The number of phenolic OH excluding ortho intramolecular Hbond substituents is 1. The van der Waals surface area contributed by atoms with Crippen LogP contribution in [0.1, 0.15) is 12.0 Å². The summed E-state index contributed by atoms with van der Waals surface area (Å²) in [4.78, 5) is 4.17. The van der Waals surface area contributed by atoms with Gasteiger partial charge in [0.2, 0.25) is 0 Å². The van der Waals surface area contributed by atoms with Crippen LogP contribution in [0.3, 0.4) is 0 Å². The Morgan fingerprint density at radius 2 is 2.13 bits per heavy atom. The van der Waals surface area contributed by atoms with Crippen LogP contribution in [0.5, 0.6) is 5.75 Å². The average molecular weight is 202 g/mol. The molecule has 0 saturated heterocycles. The van der Waals surface area contributed by atoms with Crippen LogP contribution in [0.25, 0.3) is 10.9 Å². The molecule has 0 unspecified atom stereocenters. The fraction of sp³-hybridized carbons (Fsp3) is 0.250. The summed E-state index contributed by atoms with van der Waals surface area (Å²) in [6.45, 7) is 0.683. The van der Waals surface area contributed by atoms with Gasteiger partial charge in [0.15, 0.2) is 0 Å². The third-order valence-electron chi connectivity index (χ3n) is 2.49. The monoisotopic (exact) mass is 202 g/mol. The van der Waals surface area contributed by atoms with E-state index in [1.807, 2.05) is 18.2 Å². The highest BCUT2D eigenvalue weighted by Gasteiger charge is 2.04. The first-order valence-electron chi connectivity index (χ1n) is 5.08. The molecule has 0 bridgehead atoms. The zero-order valence-corrected chi connectivity index (χ0v) is 8.48. The summed E-state index contributed by atoms with van der Waals surface area (Å²) in [5.74, 6) is 0.238. The Labute approximate surface area is 88.6 Å². The zero-order valence-electron chi connectivity index (χ0n) is 8.48. The molecule has 2 rings (SSSR count). The van der Waals surface area contributed by atoms with E-state index in [2.05, 4.69) is 4.98 Å². The molecule has 3 heteroatoms. The lowest BCUT2D eigenvalue weighted by Gasteiger charge is -2.06. The van der Waals surface area contributed by atoms with Gasteiger partial charge in [-0.25, -0.2) is 0 Å². The van der Waals surface area contributed by atoms with E-state index in [0.717, 1.165) is 18.2 Å². The lowest BCUT2D eigenvalue weighted by molar-refractivity contribution is 0.480. The Morgan fingerprint density at radius 1 is 1.27 bits per heavy atom. The number of hydrogen-bond donors (Lipinski definition) is 2. The van der Waals surface area contributed by atoms with E-state index in [4.69, 9.17) is 5.73 Å². The largest absolute Gasteiger partial charge is 0.506 e. The van der Waals surface area contributed by atoms with Gasteiger partial charge in [0.05, 0.1) is 0 Å². The number of aryl methyl sites for hydroxylation is 1. The van der Waals surface area contributed by atoms with Gasteiger partial charge in [-0.1, -0.05) is 12.1 Å². The van der Waals surface area contributed by atoms with Gasteiger partial charge in [-0.2, -0.15) is 0 Å². The van der Waals surface area contributed by atoms with Gasteiger partial charge < -0.3 is 10.8 Å². The van der Waals surface area contributed by atoms with Gasteiger partial charge in [0.1, 0.15) is 11.3 Å². The molecule has 0 saturated carbocycles. The van der Waals surface area contributed by atoms with Crippen molar-refractivity contribution in [2.24, 2.45) is 5.73 Å². The molecular formula is C12H14N2O. The van der Waals surface area contributed by atoms with Crippen molar-refractivity contribution >= 4 is 10.9 Å². The quantitative estimate of drug-likeness (QED) is 0.798. The summed E-state index contributed by atoms with van der Waals surface area (Å²) < 4.78 is 0. The van der Waals surface area contributed by atoms with Crippen molar-refractivity contribution in [3.05, 3.63) is 36.0 Å². The Bertz CT molecular complexity index is 468. The number of aromatic nitrogens is 1. The molecule has 0 fully saturated rings.